The Bertz CT molecular complexity index is 779. The first kappa shape index (κ1) is 14.1. The number of hydrogen-bond donors (Lipinski definition) is 0. The Kier molecular flexibility index (Phi) is 3.78. The van der Waals surface area contributed by atoms with E-state index >= 15 is 0 Å². The van der Waals surface area contributed by atoms with Gasteiger partial charge in [-0.2, -0.15) is 4.98 Å². The lowest BCUT2D eigenvalue weighted by Gasteiger charge is -2.07. The molecule has 3 aromatic rings. The summed E-state index contributed by atoms with van der Waals surface area (Å²) in [5.74, 6) is 2.29. The quantitative estimate of drug-likeness (QED) is 0.734. The van der Waals surface area contributed by atoms with Gasteiger partial charge in [-0.1, -0.05) is 22.9 Å². The van der Waals surface area contributed by atoms with Crippen LogP contribution in [0.4, 0.5) is 0 Å². The predicted molar refractivity (Wildman–Crippen MR) is 83.0 cm³/mol. The van der Waals surface area contributed by atoms with Crippen molar-refractivity contribution >= 4 is 0 Å². The van der Waals surface area contributed by atoms with E-state index in [4.69, 9.17) is 14.0 Å². The normalized spacial score (nSPS) is 10.5. The van der Waals surface area contributed by atoms with Crippen LogP contribution in [0, 0.1) is 6.92 Å². The molecule has 1 heterocycles. The third kappa shape index (κ3) is 2.65. The summed E-state index contributed by atoms with van der Waals surface area (Å²) < 4.78 is 15.9. The lowest BCUT2D eigenvalue weighted by molar-refractivity contribution is 0.355. The summed E-state index contributed by atoms with van der Waals surface area (Å²) in [5, 5.41) is 4.03. The molecule has 0 unspecified atom stereocenters. The van der Waals surface area contributed by atoms with Crippen LogP contribution in [0.1, 0.15) is 5.56 Å². The minimum absolute atomic E-state index is 0.491. The largest absolute Gasteiger partial charge is 0.493 e. The van der Waals surface area contributed by atoms with Crippen LogP contribution in [-0.4, -0.2) is 24.4 Å². The Morgan fingerprint density at radius 2 is 1.55 bits per heavy atom. The Morgan fingerprint density at radius 3 is 2.23 bits per heavy atom. The fourth-order valence-electron chi connectivity index (χ4n) is 2.13. The Hall–Kier alpha value is -2.82. The van der Waals surface area contributed by atoms with Crippen LogP contribution in [-0.2, 0) is 0 Å². The summed E-state index contributed by atoms with van der Waals surface area (Å²) >= 11 is 0. The molecule has 2 aromatic carbocycles. The monoisotopic (exact) mass is 296 g/mol. The van der Waals surface area contributed by atoms with Gasteiger partial charge in [0.25, 0.3) is 5.89 Å². The average molecular weight is 296 g/mol. The van der Waals surface area contributed by atoms with Gasteiger partial charge < -0.3 is 14.0 Å². The second kappa shape index (κ2) is 5.89. The van der Waals surface area contributed by atoms with Gasteiger partial charge in [0.05, 0.1) is 14.2 Å². The van der Waals surface area contributed by atoms with Gasteiger partial charge in [-0.25, -0.2) is 0 Å². The highest BCUT2D eigenvalue weighted by Crippen LogP contribution is 2.32. The standard InChI is InChI=1S/C17H16N2O3/c1-11-4-6-12(7-5-11)17-18-16(19-22-17)13-8-9-14(20-2)15(10-13)21-3/h4-10H,1-3H3. The molecule has 0 bridgehead atoms. The molecule has 0 atom stereocenters. The van der Waals surface area contributed by atoms with E-state index in [1.807, 2.05) is 49.4 Å². The van der Waals surface area contributed by atoms with Crippen LogP contribution in [0.3, 0.4) is 0 Å². The molecule has 3 rings (SSSR count). The number of methoxy groups -OCH3 is 2. The highest BCUT2D eigenvalue weighted by Gasteiger charge is 2.13. The molecular formula is C17H16N2O3. The second-order valence-electron chi connectivity index (χ2n) is 4.86. The molecule has 0 saturated heterocycles. The molecule has 1 aromatic heterocycles. The van der Waals surface area contributed by atoms with Crippen molar-refractivity contribution in [2.24, 2.45) is 0 Å². The third-order valence-electron chi connectivity index (χ3n) is 3.37. The van der Waals surface area contributed by atoms with Gasteiger partial charge in [0, 0.05) is 11.1 Å². The van der Waals surface area contributed by atoms with E-state index in [1.54, 1.807) is 14.2 Å². The fourth-order valence-corrected chi connectivity index (χ4v) is 2.13. The number of aromatic nitrogens is 2. The van der Waals surface area contributed by atoms with E-state index in [1.165, 1.54) is 5.56 Å². The first-order valence-corrected chi connectivity index (χ1v) is 6.84. The van der Waals surface area contributed by atoms with E-state index in [-0.39, 0.29) is 0 Å². The predicted octanol–water partition coefficient (Wildman–Crippen LogP) is 3.73. The highest BCUT2D eigenvalue weighted by molar-refractivity contribution is 5.63. The van der Waals surface area contributed by atoms with Crippen molar-refractivity contribution in [3.8, 4) is 34.3 Å². The van der Waals surface area contributed by atoms with E-state index in [9.17, 15) is 0 Å². The van der Waals surface area contributed by atoms with E-state index < -0.39 is 0 Å². The highest BCUT2D eigenvalue weighted by atomic mass is 16.5. The van der Waals surface area contributed by atoms with Gasteiger partial charge in [0.15, 0.2) is 11.5 Å². The maximum Gasteiger partial charge on any atom is 0.258 e. The lowest BCUT2D eigenvalue weighted by Crippen LogP contribution is -1.91. The van der Waals surface area contributed by atoms with Crippen LogP contribution in [0.25, 0.3) is 22.8 Å². The molecule has 0 radical (unpaired) electrons. The van der Waals surface area contributed by atoms with Gasteiger partial charge in [0.2, 0.25) is 5.82 Å². The van der Waals surface area contributed by atoms with Gasteiger partial charge >= 0.3 is 0 Å². The molecule has 0 saturated carbocycles. The zero-order chi connectivity index (χ0) is 15.5. The molecule has 22 heavy (non-hydrogen) atoms. The number of rotatable bonds is 4. The van der Waals surface area contributed by atoms with E-state index in [2.05, 4.69) is 10.1 Å². The van der Waals surface area contributed by atoms with Crippen molar-refractivity contribution in [3.63, 3.8) is 0 Å². The maximum absolute atomic E-state index is 5.34. The van der Waals surface area contributed by atoms with Crippen molar-refractivity contribution in [1.82, 2.24) is 10.1 Å². The Morgan fingerprint density at radius 1 is 0.864 bits per heavy atom. The summed E-state index contributed by atoms with van der Waals surface area (Å²) in [7, 11) is 3.19. The summed E-state index contributed by atoms with van der Waals surface area (Å²) in [6, 6.07) is 13.4. The number of ether oxygens (including phenoxy) is 2. The van der Waals surface area contributed by atoms with Gasteiger partial charge in [-0.15, -0.1) is 0 Å². The molecule has 112 valence electrons. The SMILES string of the molecule is COc1ccc(-c2noc(-c3ccc(C)cc3)n2)cc1OC. The lowest BCUT2D eigenvalue weighted by atomic mass is 10.1. The van der Waals surface area contributed by atoms with E-state index in [0.29, 0.717) is 23.2 Å². The van der Waals surface area contributed by atoms with Crippen LogP contribution >= 0.6 is 0 Å². The summed E-state index contributed by atoms with van der Waals surface area (Å²) in [4.78, 5) is 4.44. The minimum atomic E-state index is 0.491. The van der Waals surface area contributed by atoms with Crippen molar-refractivity contribution in [3.05, 3.63) is 48.0 Å². The molecule has 0 spiro atoms. The van der Waals surface area contributed by atoms with Crippen LogP contribution < -0.4 is 9.47 Å². The average Bonchev–Trinajstić information content (AvgIpc) is 3.05. The van der Waals surface area contributed by atoms with Crippen LogP contribution in [0.5, 0.6) is 11.5 Å². The number of hydrogen-bond acceptors (Lipinski definition) is 5. The zero-order valence-electron chi connectivity index (χ0n) is 12.7. The molecule has 0 fully saturated rings. The molecule has 0 aliphatic heterocycles. The number of aryl methyl sites for hydroxylation is 1. The van der Waals surface area contributed by atoms with Crippen LogP contribution in [0.15, 0.2) is 47.0 Å². The van der Waals surface area contributed by atoms with Crippen molar-refractivity contribution < 1.29 is 14.0 Å². The summed E-state index contributed by atoms with van der Waals surface area (Å²) in [6.07, 6.45) is 0. The van der Waals surface area contributed by atoms with Gasteiger partial charge in [-0.3, -0.25) is 0 Å². The second-order valence-corrected chi connectivity index (χ2v) is 4.86. The molecule has 0 aliphatic rings. The summed E-state index contributed by atoms with van der Waals surface area (Å²) in [6.45, 7) is 2.03. The number of nitrogens with zero attached hydrogens (tertiary/aromatic N) is 2. The fraction of sp³-hybridized carbons (Fsp3) is 0.176. The first-order valence-electron chi connectivity index (χ1n) is 6.84. The maximum atomic E-state index is 5.34. The third-order valence-corrected chi connectivity index (χ3v) is 3.37. The smallest absolute Gasteiger partial charge is 0.258 e. The van der Waals surface area contributed by atoms with Crippen LogP contribution in [0.2, 0.25) is 0 Å². The molecule has 0 aliphatic carbocycles. The van der Waals surface area contributed by atoms with Crippen molar-refractivity contribution in [2.75, 3.05) is 14.2 Å². The Balaban J connectivity index is 1.95. The first-order chi connectivity index (χ1) is 10.7. The summed E-state index contributed by atoms with van der Waals surface area (Å²) in [5.41, 5.74) is 2.88. The minimum Gasteiger partial charge on any atom is -0.493 e. The molecule has 0 amide bonds. The topological polar surface area (TPSA) is 57.4 Å². The molecule has 5 nitrogen and oxygen atoms in total. The van der Waals surface area contributed by atoms with Crippen molar-refractivity contribution in [1.29, 1.82) is 0 Å². The number of benzene rings is 2. The molecule has 0 N–H and O–H groups in total. The molecule has 5 heteroatoms. The van der Waals surface area contributed by atoms with Gasteiger partial charge in [0.1, 0.15) is 0 Å². The van der Waals surface area contributed by atoms with Crippen molar-refractivity contribution in [2.45, 2.75) is 6.92 Å². The molecular weight excluding hydrogens is 280 g/mol. The van der Waals surface area contributed by atoms with E-state index in [0.717, 1.165) is 11.1 Å². The zero-order valence-corrected chi connectivity index (χ0v) is 12.7. The van der Waals surface area contributed by atoms with Gasteiger partial charge in [-0.05, 0) is 37.3 Å². The Labute approximate surface area is 128 Å².